The molecule has 0 bridgehead atoms. The summed E-state index contributed by atoms with van der Waals surface area (Å²) >= 11 is 7.30. The number of amidine groups is 1. The number of thiophene rings is 1. The molecule has 3 rings (SSSR count). The molecule has 0 spiro atoms. The standard InChI is InChI=1S/C14H11ClFN3OS/c15-12-6-5-11(21-12)14-18-17-13(8-20)19(14)7-9-3-1-2-4-10(9)16/h1-6,8,13,17H,7H2. The van der Waals surface area contributed by atoms with E-state index >= 15 is 0 Å². The number of hydrogen-bond donors (Lipinski definition) is 1. The maximum Gasteiger partial charge on any atom is 0.173 e. The van der Waals surface area contributed by atoms with Crippen LogP contribution in [0.25, 0.3) is 0 Å². The van der Waals surface area contributed by atoms with Crippen molar-refractivity contribution in [2.75, 3.05) is 0 Å². The monoisotopic (exact) mass is 323 g/mol. The van der Waals surface area contributed by atoms with Gasteiger partial charge in [0.1, 0.15) is 5.82 Å². The zero-order valence-electron chi connectivity index (χ0n) is 10.8. The Bertz CT molecular complexity index is 703. The fourth-order valence-electron chi connectivity index (χ4n) is 2.11. The van der Waals surface area contributed by atoms with Gasteiger partial charge in [-0.1, -0.05) is 29.8 Å². The lowest BCUT2D eigenvalue weighted by atomic mass is 10.2. The highest BCUT2D eigenvalue weighted by atomic mass is 35.5. The smallest absolute Gasteiger partial charge is 0.173 e. The van der Waals surface area contributed by atoms with Gasteiger partial charge >= 0.3 is 0 Å². The van der Waals surface area contributed by atoms with Gasteiger partial charge in [-0.25, -0.2) is 4.39 Å². The molecule has 0 saturated heterocycles. The number of hydrazone groups is 1. The molecular formula is C14H11ClFN3OS. The molecule has 0 saturated carbocycles. The van der Waals surface area contributed by atoms with Gasteiger partial charge in [0, 0.05) is 12.1 Å². The maximum atomic E-state index is 13.8. The van der Waals surface area contributed by atoms with E-state index in [2.05, 4.69) is 10.5 Å². The van der Waals surface area contributed by atoms with E-state index in [4.69, 9.17) is 11.6 Å². The molecule has 2 heterocycles. The number of aldehydes is 1. The summed E-state index contributed by atoms with van der Waals surface area (Å²) in [6.45, 7) is 0.247. The summed E-state index contributed by atoms with van der Waals surface area (Å²) in [5, 5.41) is 4.17. The number of halogens is 2. The highest BCUT2D eigenvalue weighted by molar-refractivity contribution is 7.18. The van der Waals surface area contributed by atoms with Crippen LogP contribution in [0.3, 0.4) is 0 Å². The first kappa shape index (κ1) is 14.0. The fourth-order valence-corrected chi connectivity index (χ4v) is 3.16. The van der Waals surface area contributed by atoms with E-state index in [1.54, 1.807) is 29.2 Å². The average molecular weight is 324 g/mol. The highest BCUT2D eigenvalue weighted by Gasteiger charge is 2.29. The minimum absolute atomic E-state index is 0.247. The summed E-state index contributed by atoms with van der Waals surface area (Å²) in [5.41, 5.74) is 3.24. The predicted molar refractivity (Wildman–Crippen MR) is 80.8 cm³/mol. The topological polar surface area (TPSA) is 44.7 Å². The Kier molecular flexibility index (Phi) is 3.90. The molecule has 1 aliphatic heterocycles. The van der Waals surface area contributed by atoms with Crippen LogP contribution in [-0.4, -0.2) is 23.2 Å². The Morgan fingerprint density at radius 2 is 2.19 bits per heavy atom. The zero-order valence-corrected chi connectivity index (χ0v) is 12.4. The Balaban J connectivity index is 1.91. The first-order valence-electron chi connectivity index (χ1n) is 6.23. The van der Waals surface area contributed by atoms with E-state index in [1.807, 2.05) is 6.07 Å². The Morgan fingerprint density at radius 3 is 2.86 bits per heavy atom. The third-order valence-corrected chi connectivity index (χ3v) is 4.36. The van der Waals surface area contributed by atoms with Gasteiger partial charge < -0.3 is 4.90 Å². The average Bonchev–Trinajstić information content (AvgIpc) is 3.07. The first-order chi connectivity index (χ1) is 10.2. The van der Waals surface area contributed by atoms with Crippen LogP contribution in [0.15, 0.2) is 41.5 Å². The van der Waals surface area contributed by atoms with Gasteiger partial charge in [-0.2, -0.15) is 5.10 Å². The van der Waals surface area contributed by atoms with Crippen LogP contribution >= 0.6 is 22.9 Å². The highest BCUT2D eigenvalue weighted by Crippen LogP contribution is 2.26. The summed E-state index contributed by atoms with van der Waals surface area (Å²) < 4.78 is 14.4. The molecule has 0 fully saturated rings. The number of carbonyl (C=O) groups excluding carboxylic acids is 1. The Labute approximate surface area is 129 Å². The lowest BCUT2D eigenvalue weighted by Crippen LogP contribution is -2.41. The van der Waals surface area contributed by atoms with Crippen LogP contribution in [-0.2, 0) is 11.3 Å². The zero-order chi connectivity index (χ0) is 14.8. The lowest BCUT2D eigenvalue weighted by molar-refractivity contribution is -0.111. The number of carbonyl (C=O) groups is 1. The molecule has 1 unspecified atom stereocenters. The molecule has 0 aliphatic carbocycles. The predicted octanol–water partition coefficient (Wildman–Crippen LogP) is 2.83. The number of nitrogens with one attached hydrogen (secondary N) is 1. The summed E-state index contributed by atoms with van der Waals surface area (Å²) in [6, 6.07) is 10.1. The summed E-state index contributed by atoms with van der Waals surface area (Å²) in [6.07, 6.45) is 0.132. The molecule has 21 heavy (non-hydrogen) atoms. The van der Waals surface area contributed by atoms with Crippen molar-refractivity contribution in [3.05, 3.63) is 57.0 Å². The lowest BCUT2D eigenvalue weighted by Gasteiger charge is -2.23. The van der Waals surface area contributed by atoms with E-state index in [9.17, 15) is 9.18 Å². The van der Waals surface area contributed by atoms with Crippen molar-refractivity contribution in [1.29, 1.82) is 0 Å². The van der Waals surface area contributed by atoms with Crippen LogP contribution in [0, 0.1) is 5.82 Å². The maximum absolute atomic E-state index is 13.8. The van der Waals surface area contributed by atoms with E-state index in [1.165, 1.54) is 17.4 Å². The molecule has 108 valence electrons. The Hall–Kier alpha value is -1.92. The molecule has 1 aliphatic rings. The normalized spacial score (nSPS) is 17.5. The van der Waals surface area contributed by atoms with Crippen LogP contribution < -0.4 is 5.43 Å². The number of nitrogens with zero attached hydrogens (tertiary/aromatic N) is 2. The van der Waals surface area contributed by atoms with Gasteiger partial charge in [-0.05, 0) is 18.2 Å². The van der Waals surface area contributed by atoms with Gasteiger partial charge in [0.25, 0.3) is 0 Å². The van der Waals surface area contributed by atoms with Gasteiger partial charge in [-0.3, -0.25) is 10.2 Å². The van der Waals surface area contributed by atoms with Crippen molar-refractivity contribution in [2.24, 2.45) is 5.10 Å². The van der Waals surface area contributed by atoms with Gasteiger partial charge in [0.05, 0.1) is 9.21 Å². The van der Waals surface area contributed by atoms with Crippen LogP contribution in [0.2, 0.25) is 4.34 Å². The molecule has 0 radical (unpaired) electrons. The second kappa shape index (κ2) is 5.83. The molecular weight excluding hydrogens is 313 g/mol. The largest absolute Gasteiger partial charge is 0.322 e. The van der Waals surface area contributed by atoms with Crippen LogP contribution in [0.4, 0.5) is 4.39 Å². The quantitative estimate of drug-likeness (QED) is 0.880. The van der Waals surface area contributed by atoms with Crippen molar-refractivity contribution in [3.63, 3.8) is 0 Å². The minimum Gasteiger partial charge on any atom is -0.322 e. The molecule has 0 amide bonds. The molecule has 7 heteroatoms. The molecule has 1 N–H and O–H groups in total. The minimum atomic E-state index is -0.611. The fraction of sp³-hybridized carbons (Fsp3) is 0.143. The number of benzene rings is 1. The molecule has 1 aromatic carbocycles. The molecule has 2 aromatic rings. The Morgan fingerprint density at radius 1 is 1.38 bits per heavy atom. The van der Waals surface area contributed by atoms with Crippen molar-refractivity contribution in [3.8, 4) is 0 Å². The van der Waals surface area contributed by atoms with E-state index in [0.717, 1.165) is 11.2 Å². The van der Waals surface area contributed by atoms with Crippen molar-refractivity contribution >= 4 is 35.1 Å². The van der Waals surface area contributed by atoms with Crippen LogP contribution in [0.1, 0.15) is 10.4 Å². The first-order valence-corrected chi connectivity index (χ1v) is 7.43. The molecule has 4 nitrogen and oxygen atoms in total. The van der Waals surface area contributed by atoms with Crippen LogP contribution in [0.5, 0.6) is 0 Å². The van der Waals surface area contributed by atoms with Crippen molar-refractivity contribution in [1.82, 2.24) is 10.3 Å². The summed E-state index contributed by atoms with van der Waals surface area (Å²) in [5.74, 6) is 0.282. The van der Waals surface area contributed by atoms with E-state index < -0.39 is 6.17 Å². The van der Waals surface area contributed by atoms with E-state index in [0.29, 0.717) is 15.7 Å². The number of rotatable bonds is 4. The summed E-state index contributed by atoms with van der Waals surface area (Å²) in [4.78, 5) is 13.7. The van der Waals surface area contributed by atoms with Gasteiger partial charge in [0.15, 0.2) is 18.3 Å². The molecule has 1 aromatic heterocycles. The second-order valence-corrected chi connectivity index (χ2v) is 6.18. The summed E-state index contributed by atoms with van der Waals surface area (Å²) in [7, 11) is 0. The van der Waals surface area contributed by atoms with Gasteiger partial charge in [0.2, 0.25) is 0 Å². The van der Waals surface area contributed by atoms with E-state index in [-0.39, 0.29) is 12.4 Å². The van der Waals surface area contributed by atoms with Crippen molar-refractivity contribution < 1.29 is 9.18 Å². The SMILES string of the molecule is O=CC1NN=C(c2ccc(Cl)s2)N1Cc1ccccc1F. The van der Waals surface area contributed by atoms with Gasteiger partial charge in [-0.15, -0.1) is 11.3 Å². The third kappa shape index (κ3) is 2.77. The molecule has 1 atom stereocenters. The second-order valence-electron chi connectivity index (χ2n) is 4.47. The van der Waals surface area contributed by atoms with Crippen molar-refractivity contribution in [2.45, 2.75) is 12.7 Å². The number of hydrogen-bond acceptors (Lipinski definition) is 5. The third-order valence-electron chi connectivity index (χ3n) is 3.13.